The fourth-order valence-corrected chi connectivity index (χ4v) is 4.69. The lowest BCUT2D eigenvalue weighted by molar-refractivity contribution is -0.120. The van der Waals surface area contributed by atoms with Crippen LogP contribution in [0.15, 0.2) is 60.0 Å². The summed E-state index contributed by atoms with van der Waals surface area (Å²) in [5, 5.41) is 6.83. The van der Waals surface area contributed by atoms with Crippen LogP contribution < -0.4 is 10.2 Å². The Morgan fingerprint density at radius 2 is 1.92 bits per heavy atom. The van der Waals surface area contributed by atoms with E-state index >= 15 is 0 Å². The maximum atomic E-state index is 13.7. The summed E-state index contributed by atoms with van der Waals surface area (Å²) in [5.41, 5.74) is 1.88. The second-order valence-electron chi connectivity index (χ2n) is 9.11. The van der Waals surface area contributed by atoms with Crippen LogP contribution in [0.5, 0.6) is 0 Å². The number of hydrogen-bond acceptors (Lipinski definition) is 8. The lowest BCUT2D eigenvalue weighted by Gasteiger charge is -2.27. The molecule has 1 N–H and O–H groups in total. The third kappa shape index (κ3) is 5.85. The Balaban J connectivity index is 1.65. The molecule has 2 amide bonds. The number of thioether (sulfide) groups is 1. The van der Waals surface area contributed by atoms with Crippen LogP contribution >= 0.6 is 11.8 Å². The molecule has 0 radical (unpaired) electrons. The highest BCUT2D eigenvalue weighted by atomic mass is 32.2. The number of amides is 2. The standard InChI is InChI=1S/C25H27N5O5S/c1-25(2,3)35-24(33)28-19-13-36-21-10-7-17(23(32)34-4)11-20(21)29(22(19)31)12-16-5-8-18(9-6-16)30-15-26-14-27-30/h5-11,14-15,19H,12-13H2,1-4H3,(H,28,33)/t19-/m0/s1. The molecule has 0 bridgehead atoms. The summed E-state index contributed by atoms with van der Waals surface area (Å²) >= 11 is 1.42. The molecule has 0 spiro atoms. The molecule has 10 nitrogen and oxygen atoms in total. The Bertz CT molecular complexity index is 1250. The monoisotopic (exact) mass is 509 g/mol. The number of carbonyl (C=O) groups excluding carboxylic acids is 3. The molecular formula is C25H27N5O5S. The van der Waals surface area contributed by atoms with Gasteiger partial charge in [0, 0.05) is 10.6 Å². The van der Waals surface area contributed by atoms with Gasteiger partial charge in [-0.25, -0.2) is 19.3 Å². The highest BCUT2D eigenvalue weighted by Gasteiger charge is 2.33. The second kappa shape index (κ2) is 10.4. The van der Waals surface area contributed by atoms with Crippen molar-refractivity contribution in [3.8, 4) is 5.69 Å². The third-order valence-corrected chi connectivity index (χ3v) is 6.45. The van der Waals surface area contributed by atoms with Crippen LogP contribution in [0.3, 0.4) is 0 Å². The van der Waals surface area contributed by atoms with Gasteiger partial charge in [-0.05, 0) is 56.7 Å². The number of carbonyl (C=O) groups is 3. The van der Waals surface area contributed by atoms with Crippen LogP contribution in [0.4, 0.5) is 10.5 Å². The molecule has 0 fully saturated rings. The molecule has 188 valence electrons. The molecule has 2 aromatic carbocycles. The van der Waals surface area contributed by atoms with Crippen molar-refractivity contribution < 1.29 is 23.9 Å². The van der Waals surface area contributed by atoms with Gasteiger partial charge in [0.05, 0.1) is 30.6 Å². The predicted molar refractivity (Wildman–Crippen MR) is 134 cm³/mol. The van der Waals surface area contributed by atoms with Crippen LogP contribution in [-0.2, 0) is 20.8 Å². The number of esters is 1. The first-order valence-corrected chi connectivity index (χ1v) is 12.2. The van der Waals surface area contributed by atoms with E-state index in [9.17, 15) is 14.4 Å². The van der Waals surface area contributed by atoms with Crippen molar-refractivity contribution in [3.63, 3.8) is 0 Å². The number of anilines is 1. The number of nitrogens with zero attached hydrogens (tertiary/aromatic N) is 4. The van der Waals surface area contributed by atoms with E-state index in [0.717, 1.165) is 16.1 Å². The summed E-state index contributed by atoms with van der Waals surface area (Å²) in [5.74, 6) is -0.501. The van der Waals surface area contributed by atoms with E-state index in [4.69, 9.17) is 9.47 Å². The van der Waals surface area contributed by atoms with Crippen molar-refractivity contribution in [1.82, 2.24) is 20.1 Å². The number of benzene rings is 2. The summed E-state index contributed by atoms with van der Waals surface area (Å²) in [7, 11) is 1.31. The highest BCUT2D eigenvalue weighted by molar-refractivity contribution is 7.99. The Kier molecular flexibility index (Phi) is 7.30. The predicted octanol–water partition coefficient (Wildman–Crippen LogP) is 3.59. The van der Waals surface area contributed by atoms with Gasteiger partial charge in [-0.15, -0.1) is 11.8 Å². The van der Waals surface area contributed by atoms with Crippen LogP contribution in [0, 0.1) is 0 Å². The van der Waals surface area contributed by atoms with Crippen molar-refractivity contribution in [3.05, 3.63) is 66.2 Å². The molecule has 0 saturated heterocycles. The molecule has 3 aromatic rings. The van der Waals surface area contributed by atoms with E-state index in [-0.39, 0.29) is 12.5 Å². The summed E-state index contributed by atoms with van der Waals surface area (Å²) in [6.07, 6.45) is 2.39. The van der Waals surface area contributed by atoms with Crippen LogP contribution in [0.2, 0.25) is 0 Å². The minimum Gasteiger partial charge on any atom is -0.465 e. The number of nitrogens with one attached hydrogen (secondary N) is 1. The molecule has 0 saturated carbocycles. The number of fused-ring (bicyclic) bond motifs is 1. The SMILES string of the molecule is COC(=O)c1ccc2c(c1)N(Cc1ccc(-n3cncn3)cc1)C(=O)[C@@H](NC(=O)OC(C)(C)C)CS2. The zero-order valence-corrected chi connectivity index (χ0v) is 21.2. The molecule has 0 aliphatic carbocycles. The lowest BCUT2D eigenvalue weighted by atomic mass is 10.1. The van der Waals surface area contributed by atoms with E-state index in [2.05, 4.69) is 15.4 Å². The zero-order valence-electron chi connectivity index (χ0n) is 20.4. The van der Waals surface area contributed by atoms with E-state index < -0.39 is 23.7 Å². The van der Waals surface area contributed by atoms with E-state index in [1.165, 1.54) is 25.2 Å². The summed E-state index contributed by atoms with van der Waals surface area (Å²) in [6, 6.07) is 11.8. The van der Waals surface area contributed by atoms with Gasteiger partial charge >= 0.3 is 12.1 Å². The van der Waals surface area contributed by atoms with Crippen molar-refractivity contribution in [2.45, 2.75) is 43.9 Å². The normalized spacial score (nSPS) is 15.6. The Morgan fingerprint density at radius 1 is 1.17 bits per heavy atom. The van der Waals surface area contributed by atoms with E-state index in [1.807, 2.05) is 24.3 Å². The average molecular weight is 510 g/mol. The first-order valence-electron chi connectivity index (χ1n) is 11.2. The second-order valence-corrected chi connectivity index (χ2v) is 10.2. The molecule has 0 unspecified atom stereocenters. The van der Waals surface area contributed by atoms with Crippen molar-refractivity contribution in [1.29, 1.82) is 0 Å². The zero-order chi connectivity index (χ0) is 25.9. The van der Waals surface area contributed by atoms with Gasteiger partial charge in [-0.3, -0.25) is 4.79 Å². The van der Waals surface area contributed by atoms with Crippen molar-refractivity contribution >= 4 is 35.4 Å². The minimum absolute atomic E-state index is 0.223. The topological polar surface area (TPSA) is 116 Å². The quantitative estimate of drug-likeness (QED) is 0.519. The number of ether oxygens (including phenoxy) is 2. The largest absolute Gasteiger partial charge is 0.465 e. The van der Waals surface area contributed by atoms with Gasteiger partial charge in [0.25, 0.3) is 5.91 Å². The van der Waals surface area contributed by atoms with Gasteiger partial charge in [-0.2, -0.15) is 5.10 Å². The van der Waals surface area contributed by atoms with Gasteiger partial charge in [0.2, 0.25) is 0 Å². The highest BCUT2D eigenvalue weighted by Crippen LogP contribution is 2.36. The number of alkyl carbamates (subject to hydrolysis) is 1. The Morgan fingerprint density at radius 3 is 2.56 bits per heavy atom. The molecule has 2 heterocycles. The summed E-state index contributed by atoms with van der Waals surface area (Å²) in [6.45, 7) is 5.50. The maximum absolute atomic E-state index is 13.7. The molecule has 1 aliphatic heterocycles. The van der Waals surface area contributed by atoms with Gasteiger partial charge < -0.3 is 19.7 Å². The molecule has 36 heavy (non-hydrogen) atoms. The first kappa shape index (κ1) is 25.2. The molecule has 1 aliphatic rings. The first-order chi connectivity index (χ1) is 17.1. The van der Waals surface area contributed by atoms with Crippen LogP contribution in [0.25, 0.3) is 5.69 Å². The fourth-order valence-electron chi connectivity index (χ4n) is 3.64. The Hall–Kier alpha value is -3.86. The molecule has 11 heteroatoms. The van der Waals surface area contributed by atoms with Gasteiger partial charge in [0.15, 0.2) is 0 Å². The lowest BCUT2D eigenvalue weighted by Crippen LogP contribution is -2.50. The van der Waals surface area contributed by atoms with Gasteiger partial charge in [0.1, 0.15) is 24.3 Å². The average Bonchev–Trinajstić information content (AvgIpc) is 3.35. The van der Waals surface area contributed by atoms with Crippen LogP contribution in [-0.4, -0.2) is 57.2 Å². The number of methoxy groups -OCH3 is 1. The van der Waals surface area contributed by atoms with Crippen LogP contribution in [0.1, 0.15) is 36.7 Å². The number of rotatable bonds is 5. The van der Waals surface area contributed by atoms with Crippen molar-refractivity contribution in [2.24, 2.45) is 0 Å². The minimum atomic E-state index is -0.826. The molecule has 1 atom stereocenters. The smallest absolute Gasteiger partial charge is 0.408 e. The number of aromatic nitrogens is 3. The van der Waals surface area contributed by atoms with E-state index in [1.54, 1.807) is 54.9 Å². The van der Waals surface area contributed by atoms with Crippen molar-refractivity contribution in [2.75, 3.05) is 17.8 Å². The molecule has 4 rings (SSSR count). The van der Waals surface area contributed by atoms with Gasteiger partial charge in [-0.1, -0.05) is 12.1 Å². The molecule has 1 aromatic heterocycles. The summed E-state index contributed by atoms with van der Waals surface area (Å²) < 4.78 is 11.9. The number of hydrogen-bond donors (Lipinski definition) is 1. The maximum Gasteiger partial charge on any atom is 0.408 e. The Labute approximate surface area is 213 Å². The fraction of sp³-hybridized carbons (Fsp3) is 0.320. The third-order valence-electron chi connectivity index (χ3n) is 5.29. The van der Waals surface area contributed by atoms with E-state index in [0.29, 0.717) is 17.0 Å². The summed E-state index contributed by atoms with van der Waals surface area (Å²) in [4.78, 5) is 44.7. The molecular weight excluding hydrogens is 482 g/mol.